The van der Waals surface area contributed by atoms with Gasteiger partial charge in [0.15, 0.2) is 5.79 Å². The molecular weight excluding hydrogens is 168 g/mol. The van der Waals surface area contributed by atoms with Crippen molar-refractivity contribution in [2.75, 3.05) is 19.8 Å². The molecule has 1 N–H and O–H groups in total. The van der Waals surface area contributed by atoms with Gasteiger partial charge in [-0.15, -0.1) is 0 Å². The summed E-state index contributed by atoms with van der Waals surface area (Å²) in [7, 11) is 0. The number of aliphatic hydroxyl groups excluding tert-OH is 1. The molecule has 0 unspecified atom stereocenters. The second-order valence-electron chi connectivity index (χ2n) is 3.95. The van der Waals surface area contributed by atoms with Crippen molar-refractivity contribution in [3.63, 3.8) is 0 Å². The van der Waals surface area contributed by atoms with E-state index in [4.69, 9.17) is 14.6 Å². The Balaban J connectivity index is 2.12. The Morgan fingerprint density at radius 3 is 3.23 bits per heavy atom. The van der Waals surface area contributed by atoms with Gasteiger partial charge in [0.2, 0.25) is 0 Å². The van der Waals surface area contributed by atoms with Gasteiger partial charge in [0.05, 0.1) is 19.8 Å². The summed E-state index contributed by atoms with van der Waals surface area (Å²) in [5, 5.41) is 8.73. The molecule has 74 valence electrons. The summed E-state index contributed by atoms with van der Waals surface area (Å²) in [5.41, 5.74) is 0.0160. The molecule has 3 nitrogen and oxygen atoms in total. The highest BCUT2D eigenvalue weighted by Crippen LogP contribution is 2.51. The minimum Gasteiger partial charge on any atom is -0.394 e. The van der Waals surface area contributed by atoms with Crippen LogP contribution >= 0.6 is 0 Å². The van der Waals surface area contributed by atoms with Crippen molar-refractivity contribution in [3.05, 3.63) is 12.2 Å². The smallest absolute Gasteiger partial charge is 0.180 e. The highest BCUT2D eigenvalue weighted by molar-refractivity contribution is 5.17. The fourth-order valence-electron chi connectivity index (χ4n) is 2.24. The number of fused-ring (bicyclic) bond motifs is 1. The first-order chi connectivity index (χ1) is 6.22. The lowest BCUT2D eigenvalue weighted by Crippen LogP contribution is -2.42. The zero-order valence-electron chi connectivity index (χ0n) is 7.95. The summed E-state index contributed by atoms with van der Waals surface area (Å²) in [6, 6.07) is 0. The van der Waals surface area contributed by atoms with E-state index in [0.717, 1.165) is 19.4 Å². The van der Waals surface area contributed by atoms with E-state index in [1.807, 2.05) is 0 Å². The normalized spacial score (nSPS) is 42.6. The molecular formula is C10H16O3. The molecule has 2 aliphatic rings. The molecule has 1 heterocycles. The van der Waals surface area contributed by atoms with Crippen molar-refractivity contribution >= 4 is 0 Å². The molecule has 0 aromatic carbocycles. The zero-order valence-corrected chi connectivity index (χ0v) is 7.95. The topological polar surface area (TPSA) is 38.7 Å². The minimum absolute atomic E-state index is 0.0160. The molecule has 13 heavy (non-hydrogen) atoms. The quantitative estimate of drug-likeness (QED) is 0.667. The van der Waals surface area contributed by atoms with E-state index in [9.17, 15) is 0 Å². The number of aliphatic hydroxyl groups is 1. The first-order valence-electron chi connectivity index (χ1n) is 4.79. The highest BCUT2D eigenvalue weighted by atomic mass is 16.7. The lowest BCUT2D eigenvalue weighted by atomic mass is 9.83. The first-order valence-corrected chi connectivity index (χ1v) is 4.79. The lowest BCUT2D eigenvalue weighted by molar-refractivity contribution is -0.241. The largest absolute Gasteiger partial charge is 0.394 e. The molecule has 3 heteroatoms. The van der Waals surface area contributed by atoms with Crippen LogP contribution in [0.15, 0.2) is 12.2 Å². The second-order valence-corrected chi connectivity index (χ2v) is 3.95. The highest BCUT2D eigenvalue weighted by Gasteiger charge is 2.55. The Labute approximate surface area is 78.3 Å². The van der Waals surface area contributed by atoms with Crippen LogP contribution < -0.4 is 0 Å². The van der Waals surface area contributed by atoms with Crippen molar-refractivity contribution in [2.24, 2.45) is 5.41 Å². The van der Waals surface area contributed by atoms with Gasteiger partial charge in [0, 0.05) is 11.8 Å². The van der Waals surface area contributed by atoms with Gasteiger partial charge in [-0.25, -0.2) is 0 Å². The molecule has 1 aliphatic carbocycles. The Hall–Kier alpha value is -0.380. The molecule has 0 bridgehead atoms. The van der Waals surface area contributed by atoms with Crippen LogP contribution in [0, 0.1) is 5.41 Å². The molecule has 0 saturated carbocycles. The Kier molecular flexibility index (Phi) is 2.18. The van der Waals surface area contributed by atoms with E-state index in [0.29, 0.717) is 6.61 Å². The van der Waals surface area contributed by atoms with Crippen LogP contribution in [-0.2, 0) is 9.47 Å². The van der Waals surface area contributed by atoms with E-state index >= 15 is 0 Å². The Morgan fingerprint density at radius 2 is 2.46 bits per heavy atom. The number of ether oxygens (including phenoxy) is 2. The van der Waals surface area contributed by atoms with E-state index in [2.05, 4.69) is 19.1 Å². The van der Waals surface area contributed by atoms with Crippen molar-refractivity contribution in [3.8, 4) is 0 Å². The summed E-state index contributed by atoms with van der Waals surface area (Å²) < 4.78 is 11.3. The molecule has 0 aromatic heterocycles. The van der Waals surface area contributed by atoms with Crippen LogP contribution in [0.5, 0.6) is 0 Å². The summed E-state index contributed by atoms with van der Waals surface area (Å²) >= 11 is 0. The molecule has 1 aliphatic heterocycles. The van der Waals surface area contributed by atoms with Crippen LogP contribution in [0.3, 0.4) is 0 Å². The molecule has 1 fully saturated rings. The standard InChI is InChI=1S/C10H16O3/c1-9-3-2-4-10(9,12-7-5-9)13-8-6-11/h2-3,11H,4-8H2,1H3/t9-,10+/m0/s1. The number of rotatable bonds is 3. The fourth-order valence-corrected chi connectivity index (χ4v) is 2.24. The number of hydrogen-bond donors (Lipinski definition) is 1. The lowest BCUT2D eigenvalue weighted by Gasteiger charge is -2.35. The van der Waals surface area contributed by atoms with Gasteiger partial charge in [-0.2, -0.15) is 0 Å². The van der Waals surface area contributed by atoms with Gasteiger partial charge >= 0.3 is 0 Å². The molecule has 0 spiro atoms. The van der Waals surface area contributed by atoms with Crippen LogP contribution in [-0.4, -0.2) is 30.7 Å². The van der Waals surface area contributed by atoms with Crippen LogP contribution in [0.1, 0.15) is 19.8 Å². The summed E-state index contributed by atoms with van der Waals surface area (Å²) in [6.07, 6.45) is 6.10. The Bertz CT molecular complexity index is 226. The third-order valence-electron chi connectivity index (χ3n) is 3.13. The average molecular weight is 184 g/mol. The zero-order chi connectivity index (χ0) is 9.36. The van der Waals surface area contributed by atoms with E-state index < -0.39 is 5.79 Å². The monoisotopic (exact) mass is 184 g/mol. The summed E-state index contributed by atoms with van der Waals surface area (Å²) in [6.45, 7) is 3.33. The fraction of sp³-hybridized carbons (Fsp3) is 0.800. The van der Waals surface area contributed by atoms with Crippen LogP contribution in [0.2, 0.25) is 0 Å². The molecule has 0 radical (unpaired) electrons. The summed E-state index contributed by atoms with van der Waals surface area (Å²) in [4.78, 5) is 0. The molecule has 2 rings (SSSR count). The number of hydrogen-bond acceptors (Lipinski definition) is 3. The van der Waals surface area contributed by atoms with Gasteiger partial charge in [0.25, 0.3) is 0 Å². The molecule has 0 aromatic rings. The third kappa shape index (κ3) is 1.23. The second kappa shape index (κ2) is 3.08. The van der Waals surface area contributed by atoms with E-state index in [-0.39, 0.29) is 12.0 Å². The van der Waals surface area contributed by atoms with Crippen molar-refractivity contribution in [1.29, 1.82) is 0 Å². The Morgan fingerprint density at radius 1 is 1.62 bits per heavy atom. The van der Waals surface area contributed by atoms with E-state index in [1.165, 1.54) is 0 Å². The molecule has 1 saturated heterocycles. The first kappa shape index (κ1) is 9.19. The maximum absolute atomic E-state index is 8.73. The molecule has 0 amide bonds. The van der Waals surface area contributed by atoms with Gasteiger partial charge < -0.3 is 14.6 Å². The van der Waals surface area contributed by atoms with Crippen molar-refractivity contribution in [1.82, 2.24) is 0 Å². The predicted octanol–water partition coefficient (Wildman–Crippen LogP) is 1.08. The van der Waals surface area contributed by atoms with Gasteiger partial charge in [0.1, 0.15) is 0 Å². The van der Waals surface area contributed by atoms with Gasteiger partial charge in [-0.05, 0) is 6.42 Å². The molecule has 2 atom stereocenters. The van der Waals surface area contributed by atoms with Crippen molar-refractivity contribution < 1.29 is 14.6 Å². The SMILES string of the molecule is C[C@@]12C=CC[C@]1(OCCO)OCC2. The third-order valence-corrected chi connectivity index (χ3v) is 3.13. The maximum atomic E-state index is 8.73. The van der Waals surface area contributed by atoms with E-state index in [1.54, 1.807) is 0 Å². The van der Waals surface area contributed by atoms with Gasteiger partial charge in [-0.1, -0.05) is 19.1 Å². The van der Waals surface area contributed by atoms with Crippen molar-refractivity contribution in [2.45, 2.75) is 25.6 Å². The minimum atomic E-state index is -0.476. The van der Waals surface area contributed by atoms with Gasteiger partial charge in [-0.3, -0.25) is 0 Å². The average Bonchev–Trinajstić information content (AvgIpc) is 2.54. The predicted molar refractivity (Wildman–Crippen MR) is 48.2 cm³/mol. The summed E-state index contributed by atoms with van der Waals surface area (Å²) in [5.74, 6) is -0.476. The van der Waals surface area contributed by atoms with Crippen LogP contribution in [0.25, 0.3) is 0 Å². The maximum Gasteiger partial charge on any atom is 0.180 e. The van der Waals surface area contributed by atoms with Crippen LogP contribution in [0.4, 0.5) is 0 Å².